The van der Waals surface area contributed by atoms with Gasteiger partial charge in [-0.15, -0.1) is 0 Å². The largest absolute Gasteiger partial charge is 0.388 e. The molecule has 2 aliphatic rings. The van der Waals surface area contributed by atoms with Gasteiger partial charge in [0.15, 0.2) is 0 Å². The lowest BCUT2D eigenvalue weighted by Gasteiger charge is -2.34. The molecule has 2 saturated heterocycles. The zero-order valence-electron chi connectivity index (χ0n) is 13.9. The number of imide groups is 1. The molecular formula is C15H19N5O4S. The summed E-state index contributed by atoms with van der Waals surface area (Å²) in [4.78, 5) is 50.8. The molecule has 0 unspecified atom stereocenters. The highest BCUT2D eigenvalue weighted by Gasteiger charge is 2.29. The maximum absolute atomic E-state index is 12.3. The Morgan fingerprint density at radius 2 is 1.88 bits per heavy atom. The van der Waals surface area contributed by atoms with Gasteiger partial charge < -0.3 is 15.1 Å². The summed E-state index contributed by atoms with van der Waals surface area (Å²) < 4.78 is 0. The molecule has 134 valence electrons. The van der Waals surface area contributed by atoms with Gasteiger partial charge in [0.05, 0.1) is 5.75 Å². The summed E-state index contributed by atoms with van der Waals surface area (Å²) in [6, 6.07) is 1.85. The van der Waals surface area contributed by atoms with E-state index in [0.29, 0.717) is 26.2 Å². The van der Waals surface area contributed by atoms with E-state index in [-0.39, 0.29) is 41.5 Å². The van der Waals surface area contributed by atoms with Crippen LogP contribution in [0.15, 0.2) is 11.8 Å². The fraction of sp³-hybridized carbons (Fsp3) is 0.533. The van der Waals surface area contributed by atoms with Gasteiger partial charge in [-0.2, -0.15) is 5.26 Å². The Bertz CT molecular complexity index is 633. The van der Waals surface area contributed by atoms with Crippen molar-refractivity contribution in [2.75, 3.05) is 45.0 Å². The summed E-state index contributed by atoms with van der Waals surface area (Å²) in [6.45, 7) is 3.58. The molecule has 0 aromatic rings. The number of nitrogens with zero attached hydrogens (tertiary/aromatic N) is 4. The molecule has 2 fully saturated rings. The van der Waals surface area contributed by atoms with Crippen LogP contribution >= 0.6 is 11.8 Å². The highest BCUT2D eigenvalue weighted by atomic mass is 32.2. The first-order valence-electron chi connectivity index (χ1n) is 7.79. The Kier molecular flexibility index (Phi) is 6.41. The number of carbonyl (C=O) groups excluding carboxylic acids is 4. The molecule has 25 heavy (non-hydrogen) atoms. The molecule has 0 aromatic heterocycles. The second-order valence-electron chi connectivity index (χ2n) is 5.52. The zero-order chi connectivity index (χ0) is 18.4. The van der Waals surface area contributed by atoms with Crippen LogP contribution in [0.25, 0.3) is 0 Å². The van der Waals surface area contributed by atoms with Crippen molar-refractivity contribution in [3.05, 3.63) is 11.8 Å². The van der Waals surface area contributed by atoms with E-state index < -0.39 is 5.91 Å². The third-order valence-electron chi connectivity index (χ3n) is 3.93. The maximum Gasteiger partial charge on any atom is 0.288 e. The van der Waals surface area contributed by atoms with E-state index in [2.05, 4.69) is 5.32 Å². The third-order valence-corrected chi connectivity index (χ3v) is 4.79. The molecule has 1 N–H and O–H groups in total. The van der Waals surface area contributed by atoms with Crippen molar-refractivity contribution in [3.8, 4) is 6.07 Å². The van der Waals surface area contributed by atoms with Crippen molar-refractivity contribution in [1.82, 2.24) is 20.0 Å². The molecule has 0 atom stereocenters. The molecule has 4 amide bonds. The van der Waals surface area contributed by atoms with Crippen molar-refractivity contribution in [2.24, 2.45) is 0 Å². The van der Waals surface area contributed by atoms with Crippen molar-refractivity contribution < 1.29 is 19.2 Å². The molecule has 0 radical (unpaired) electrons. The Hall–Kier alpha value is -2.54. The van der Waals surface area contributed by atoms with Gasteiger partial charge >= 0.3 is 0 Å². The lowest BCUT2D eigenvalue weighted by molar-refractivity contribution is -0.136. The van der Waals surface area contributed by atoms with Crippen LogP contribution in [0.1, 0.15) is 6.92 Å². The molecule has 0 saturated carbocycles. The van der Waals surface area contributed by atoms with Gasteiger partial charge in [0.25, 0.3) is 11.1 Å². The first-order chi connectivity index (χ1) is 11.9. The van der Waals surface area contributed by atoms with Gasteiger partial charge in [-0.1, -0.05) is 11.8 Å². The Labute approximate surface area is 149 Å². The molecule has 2 heterocycles. The van der Waals surface area contributed by atoms with E-state index in [9.17, 15) is 19.2 Å². The minimum absolute atomic E-state index is 0.0333. The van der Waals surface area contributed by atoms with Gasteiger partial charge in [-0.05, 0) is 0 Å². The Morgan fingerprint density at radius 1 is 1.24 bits per heavy atom. The first-order valence-corrected chi connectivity index (χ1v) is 8.78. The van der Waals surface area contributed by atoms with Crippen LogP contribution in [0.2, 0.25) is 0 Å². The van der Waals surface area contributed by atoms with Gasteiger partial charge in [-0.25, -0.2) is 0 Å². The van der Waals surface area contributed by atoms with E-state index in [0.717, 1.165) is 16.7 Å². The maximum atomic E-state index is 12.3. The van der Waals surface area contributed by atoms with Gasteiger partial charge in [0.2, 0.25) is 11.8 Å². The summed E-state index contributed by atoms with van der Waals surface area (Å²) in [7, 11) is 0. The molecule has 9 nitrogen and oxygen atoms in total. The lowest BCUT2D eigenvalue weighted by atomic mass is 10.2. The predicted octanol–water partition coefficient (Wildman–Crippen LogP) is -0.630. The van der Waals surface area contributed by atoms with E-state index in [1.807, 2.05) is 6.07 Å². The number of rotatable bonds is 5. The summed E-state index contributed by atoms with van der Waals surface area (Å²) >= 11 is 0.961. The lowest BCUT2D eigenvalue weighted by Crippen LogP contribution is -2.50. The smallest absolute Gasteiger partial charge is 0.288 e. The first kappa shape index (κ1) is 18.8. The zero-order valence-corrected chi connectivity index (χ0v) is 14.7. The molecule has 0 bridgehead atoms. The topological polar surface area (TPSA) is 114 Å². The fourth-order valence-electron chi connectivity index (χ4n) is 2.48. The number of hydrogen-bond acceptors (Lipinski definition) is 7. The van der Waals surface area contributed by atoms with E-state index >= 15 is 0 Å². The highest BCUT2D eigenvalue weighted by molar-refractivity contribution is 8.14. The molecular weight excluding hydrogens is 346 g/mol. The van der Waals surface area contributed by atoms with E-state index in [1.54, 1.807) is 4.90 Å². The van der Waals surface area contributed by atoms with Crippen LogP contribution in [0, 0.1) is 11.3 Å². The molecule has 2 rings (SSSR count). The SMILES string of the molecule is CC(=O)N1CCN(C(=O)/C(C#N)=C\NCCN2C(=O)CSC2=O)CC1. The number of piperazine rings is 1. The summed E-state index contributed by atoms with van der Waals surface area (Å²) in [5, 5.41) is 11.7. The number of nitriles is 1. The van der Waals surface area contributed by atoms with Crippen LogP contribution in [0.5, 0.6) is 0 Å². The van der Waals surface area contributed by atoms with Gasteiger partial charge in [0, 0.05) is 52.4 Å². The van der Waals surface area contributed by atoms with Gasteiger partial charge in [0.1, 0.15) is 11.6 Å². The highest BCUT2D eigenvalue weighted by Crippen LogP contribution is 2.17. The molecule has 2 aliphatic heterocycles. The average Bonchev–Trinajstić information content (AvgIpc) is 2.93. The molecule has 0 aliphatic carbocycles. The van der Waals surface area contributed by atoms with Crippen LogP contribution in [-0.2, 0) is 14.4 Å². The number of amides is 4. The number of carbonyl (C=O) groups is 4. The summed E-state index contributed by atoms with van der Waals surface area (Å²) in [6.07, 6.45) is 1.30. The second-order valence-corrected chi connectivity index (χ2v) is 6.45. The van der Waals surface area contributed by atoms with Crippen LogP contribution in [0.3, 0.4) is 0 Å². The van der Waals surface area contributed by atoms with Crippen LogP contribution in [0.4, 0.5) is 4.79 Å². The van der Waals surface area contributed by atoms with Gasteiger partial charge in [-0.3, -0.25) is 24.1 Å². The molecule has 0 spiro atoms. The van der Waals surface area contributed by atoms with E-state index in [1.165, 1.54) is 18.0 Å². The normalized spacial score (nSPS) is 18.4. The monoisotopic (exact) mass is 365 g/mol. The van der Waals surface area contributed by atoms with E-state index in [4.69, 9.17) is 5.26 Å². The van der Waals surface area contributed by atoms with Crippen molar-refractivity contribution in [1.29, 1.82) is 5.26 Å². The van der Waals surface area contributed by atoms with Crippen LogP contribution in [-0.4, -0.2) is 82.7 Å². The minimum atomic E-state index is -0.401. The van der Waals surface area contributed by atoms with Crippen molar-refractivity contribution >= 4 is 34.7 Å². The Morgan fingerprint density at radius 3 is 2.40 bits per heavy atom. The second kappa shape index (κ2) is 8.53. The predicted molar refractivity (Wildman–Crippen MR) is 90.1 cm³/mol. The number of nitrogens with one attached hydrogen (secondary N) is 1. The standard InChI is InChI=1S/C15H19N5O4S/c1-11(21)18-4-6-19(7-5-18)14(23)12(8-16)9-17-2-3-20-13(22)10-25-15(20)24/h9,17H,2-7,10H2,1H3/b12-9-. The number of thioether (sulfide) groups is 1. The molecule has 10 heteroatoms. The quantitative estimate of drug-likeness (QED) is 0.392. The minimum Gasteiger partial charge on any atom is -0.388 e. The van der Waals surface area contributed by atoms with Crippen LogP contribution < -0.4 is 5.32 Å². The fourth-order valence-corrected chi connectivity index (χ4v) is 3.24. The molecule has 0 aromatic carbocycles. The van der Waals surface area contributed by atoms with Crippen molar-refractivity contribution in [2.45, 2.75) is 6.92 Å². The summed E-state index contributed by atoms with van der Waals surface area (Å²) in [5.74, 6) is -0.514. The summed E-state index contributed by atoms with van der Waals surface area (Å²) in [5.41, 5.74) is -0.0512. The average molecular weight is 365 g/mol. The Balaban J connectivity index is 1.82. The number of hydrogen-bond donors (Lipinski definition) is 1. The van der Waals surface area contributed by atoms with Crippen molar-refractivity contribution in [3.63, 3.8) is 0 Å². The third kappa shape index (κ3) is 4.73.